The fourth-order valence-corrected chi connectivity index (χ4v) is 1.93. The van der Waals surface area contributed by atoms with E-state index in [1.807, 2.05) is 18.2 Å². The molecule has 0 radical (unpaired) electrons. The van der Waals surface area contributed by atoms with Crippen molar-refractivity contribution in [1.82, 2.24) is 19.6 Å². The Bertz CT molecular complexity index is 591. The van der Waals surface area contributed by atoms with Gasteiger partial charge in [0.05, 0.1) is 5.69 Å². The molecule has 0 unspecified atom stereocenters. The summed E-state index contributed by atoms with van der Waals surface area (Å²) in [6, 6.07) is 7.15. The molecular formula is C14H20N4O. The van der Waals surface area contributed by atoms with E-state index < -0.39 is 0 Å². The zero-order valence-electron chi connectivity index (χ0n) is 11.5. The third-order valence-electron chi connectivity index (χ3n) is 2.89. The van der Waals surface area contributed by atoms with Crippen molar-refractivity contribution in [2.24, 2.45) is 0 Å². The van der Waals surface area contributed by atoms with Gasteiger partial charge in [-0.3, -0.25) is 9.20 Å². The first-order valence-corrected chi connectivity index (χ1v) is 6.49. The van der Waals surface area contributed by atoms with Crippen LogP contribution in [-0.4, -0.2) is 41.5 Å². The molecular weight excluding hydrogens is 240 g/mol. The largest absolute Gasteiger partial charge is 0.311 e. The fraction of sp³-hybridized carbons (Fsp3) is 0.429. The maximum atomic E-state index is 11.9. The Morgan fingerprint density at radius 3 is 3.00 bits per heavy atom. The molecule has 0 saturated heterocycles. The minimum absolute atomic E-state index is 0.0318. The second-order valence-electron chi connectivity index (χ2n) is 4.85. The van der Waals surface area contributed by atoms with Gasteiger partial charge >= 0.3 is 0 Å². The number of aromatic nitrogens is 2. The van der Waals surface area contributed by atoms with Crippen LogP contribution in [0.4, 0.5) is 0 Å². The average Bonchev–Trinajstić information content (AvgIpc) is 2.38. The van der Waals surface area contributed by atoms with E-state index in [1.54, 1.807) is 16.7 Å². The molecule has 0 aliphatic carbocycles. The van der Waals surface area contributed by atoms with Crippen LogP contribution >= 0.6 is 0 Å². The molecule has 0 aromatic carbocycles. The highest BCUT2D eigenvalue weighted by Crippen LogP contribution is 1.98. The van der Waals surface area contributed by atoms with Crippen LogP contribution in [0.25, 0.3) is 5.65 Å². The average molecular weight is 260 g/mol. The van der Waals surface area contributed by atoms with Crippen LogP contribution in [0, 0.1) is 0 Å². The van der Waals surface area contributed by atoms with E-state index in [1.165, 1.54) is 0 Å². The molecule has 0 bridgehead atoms. The summed E-state index contributed by atoms with van der Waals surface area (Å²) in [6.45, 7) is 2.61. The highest BCUT2D eigenvalue weighted by Gasteiger charge is 2.01. The molecule has 2 heterocycles. The molecule has 5 nitrogen and oxygen atoms in total. The Balaban J connectivity index is 1.96. The normalized spacial score (nSPS) is 11.3. The molecule has 0 fully saturated rings. The predicted molar refractivity (Wildman–Crippen MR) is 76.3 cm³/mol. The Morgan fingerprint density at radius 1 is 1.37 bits per heavy atom. The number of fused-ring (bicyclic) bond motifs is 1. The van der Waals surface area contributed by atoms with Crippen LogP contribution in [0.5, 0.6) is 0 Å². The van der Waals surface area contributed by atoms with E-state index in [0.717, 1.165) is 25.2 Å². The molecule has 19 heavy (non-hydrogen) atoms. The van der Waals surface area contributed by atoms with Gasteiger partial charge in [0.2, 0.25) is 0 Å². The van der Waals surface area contributed by atoms with E-state index in [2.05, 4.69) is 29.3 Å². The van der Waals surface area contributed by atoms with E-state index >= 15 is 0 Å². The van der Waals surface area contributed by atoms with Crippen molar-refractivity contribution >= 4 is 5.65 Å². The van der Waals surface area contributed by atoms with Crippen LogP contribution in [-0.2, 0) is 6.54 Å². The lowest BCUT2D eigenvalue weighted by Gasteiger charge is -2.09. The first-order chi connectivity index (χ1) is 9.16. The summed E-state index contributed by atoms with van der Waals surface area (Å²) in [5.41, 5.74) is 1.46. The van der Waals surface area contributed by atoms with Gasteiger partial charge in [0.15, 0.2) is 0 Å². The Morgan fingerprint density at radius 2 is 2.21 bits per heavy atom. The summed E-state index contributed by atoms with van der Waals surface area (Å²) < 4.78 is 1.55. The van der Waals surface area contributed by atoms with Gasteiger partial charge < -0.3 is 10.2 Å². The van der Waals surface area contributed by atoms with Gasteiger partial charge in [-0.05, 0) is 45.7 Å². The van der Waals surface area contributed by atoms with Crippen LogP contribution < -0.4 is 10.9 Å². The van der Waals surface area contributed by atoms with Crippen molar-refractivity contribution in [2.45, 2.75) is 13.0 Å². The summed E-state index contributed by atoms with van der Waals surface area (Å²) in [6.07, 6.45) is 2.82. The lowest BCUT2D eigenvalue weighted by molar-refractivity contribution is 0.394. The summed E-state index contributed by atoms with van der Waals surface area (Å²) >= 11 is 0. The van der Waals surface area contributed by atoms with Crippen molar-refractivity contribution in [3.8, 4) is 0 Å². The second kappa shape index (κ2) is 6.45. The first-order valence-electron chi connectivity index (χ1n) is 6.49. The molecule has 2 rings (SSSR count). The van der Waals surface area contributed by atoms with Gasteiger partial charge in [-0.1, -0.05) is 6.07 Å². The molecule has 1 N–H and O–H groups in total. The van der Waals surface area contributed by atoms with Crippen LogP contribution in [0.2, 0.25) is 0 Å². The third kappa shape index (κ3) is 3.87. The molecule has 0 atom stereocenters. The summed E-state index contributed by atoms with van der Waals surface area (Å²) in [5.74, 6) is 0. The standard InChI is InChI=1S/C14H20N4O/c1-17(2)8-5-7-15-11-12-10-14(19)18-9-4-3-6-13(18)16-12/h3-4,6,9-10,15H,5,7-8,11H2,1-2H3. The smallest absolute Gasteiger partial charge is 0.258 e. The van der Waals surface area contributed by atoms with Crippen molar-refractivity contribution in [3.63, 3.8) is 0 Å². The Labute approximate surface area is 112 Å². The predicted octanol–water partition coefficient (Wildman–Crippen LogP) is 0.736. The summed E-state index contributed by atoms with van der Waals surface area (Å²) in [7, 11) is 4.12. The molecule has 0 saturated carbocycles. The maximum absolute atomic E-state index is 11.9. The number of nitrogens with zero attached hydrogens (tertiary/aromatic N) is 3. The van der Waals surface area contributed by atoms with Gasteiger partial charge in [-0.2, -0.15) is 0 Å². The van der Waals surface area contributed by atoms with Crippen molar-refractivity contribution in [2.75, 3.05) is 27.2 Å². The van der Waals surface area contributed by atoms with Crippen LogP contribution in [0.3, 0.4) is 0 Å². The summed E-state index contributed by atoms with van der Waals surface area (Å²) in [4.78, 5) is 18.5. The van der Waals surface area contributed by atoms with Crippen molar-refractivity contribution in [1.29, 1.82) is 0 Å². The lowest BCUT2D eigenvalue weighted by atomic mass is 10.3. The molecule has 102 valence electrons. The Hall–Kier alpha value is -1.72. The minimum Gasteiger partial charge on any atom is -0.311 e. The van der Waals surface area contributed by atoms with Crippen molar-refractivity contribution in [3.05, 3.63) is 46.5 Å². The van der Waals surface area contributed by atoms with E-state index in [0.29, 0.717) is 12.2 Å². The van der Waals surface area contributed by atoms with Gasteiger partial charge in [-0.25, -0.2) is 4.98 Å². The number of hydrogen-bond donors (Lipinski definition) is 1. The van der Waals surface area contributed by atoms with Crippen LogP contribution in [0.1, 0.15) is 12.1 Å². The molecule has 2 aromatic heterocycles. The summed E-state index contributed by atoms with van der Waals surface area (Å²) in [5, 5.41) is 3.31. The highest BCUT2D eigenvalue weighted by atomic mass is 16.1. The number of nitrogens with one attached hydrogen (secondary N) is 1. The quantitative estimate of drug-likeness (QED) is 0.778. The van der Waals surface area contributed by atoms with Gasteiger partial charge in [0.1, 0.15) is 5.65 Å². The molecule has 0 aliphatic heterocycles. The molecule has 5 heteroatoms. The molecule has 0 spiro atoms. The second-order valence-corrected chi connectivity index (χ2v) is 4.85. The van der Waals surface area contributed by atoms with Gasteiger partial charge in [-0.15, -0.1) is 0 Å². The number of rotatable bonds is 6. The zero-order valence-corrected chi connectivity index (χ0v) is 11.5. The highest BCUT2D eigenvalue weighted by molar-refractivity contribution is 5.37. The number of pyridine rings is 1. The maximum Gasteiger partial charge on any atom is 0.258 e. The monoisotopic (exact) mass is 260 g/mol. The molecule has 2 aromatic rings. The Kier molecular flexibility index (Phi) is 4.65. The van der Waals surface area contributed by atoms with E-state index in [-0.39, 0.29) is 5.56 Å². The van der Waals surface area contributed by atoms with E-state index in [9.17, 15) is 4.79 Å². The number of hydrogen-bond acceptors (Lipinski definition) is 4. The molecule has 0 aliphatic rings. The zero-order chi connectivity index (χ0) is 13.7. The van der Waals surface area contributed by atoms with Gasteiger partial charge in [0, 0.05) is 18.8 Å². The third-order valence-corrected chi connectivity index (χ3v) is 2.89. The fourth-order valence-electron chi connectivity index (χ4n) is 1.93. The van der Waals surface area contributed by atoms with E-state index in [4.69, 9.17) is 0 Å². The SMILES string of the molecule is CN(C)CCCNCc1cc(=O)n2ccccc2n1. The van der Waals surface area contributed by atoms with Gasteiger partial charge in [0.25, 0.3) is 5.56 Å². The van der Waals surface area contributed by atoms with Crippen LogP contribution in [0.15, 0.2) is 35.3 Å². The molecule has 0 amide bonds. The van der Waals surface area contributed by atoms with Crippen molar-refractivity contribution < 1.29 is 0 Å². The topological polar surface area (TPSA) is 49.6 Å². The first kappa shape index (κ1) is 13.7. The minimum atomic E-state index is -0.0318. The lowest BCUT2D eigenvalue weighted by Crippen LogP contribution is -2.23.